The van der Waals surface area contributed by atoms with Gasteiger partial charge in [0.2, 0.25) is 5.91 Å². The van der Waals surface area contributed by atoms with E-state index in [0.29, 0.717) is 0 Å². The van der Waals surface area contributed by atoms with Crippen molar-refractivity contribution in [1.82, 2.24) is 10.2 Å². The molecule has 1 fully saturated rings. The van der Waals surface area contributed by atoms with Gasteiger partial charge in [0.1, 0.15) is 0 Å². The molecule has 1 saturated carbocycles. The Balaban J connectivity index is 2.53. The lowest BCUT2D eigenvalue weighted by molar-refractivity contribution is -0.120. The highest BCUT2D eigenvalue weighted by atomic mass is 16.1. The third kappa shape index (κ3) is 2.95. The second-order valence-corrected chi connectivity index (χ2v) is 5.07. The number of amides is 1. The Labute approximate surface area is 98.6 Å². The zero-order chi connectivity index (χ0) is 12.2. The van der Waals surface area contributed by atoms with Gasteiger partial charge in [-0.2, -0.15) is 0 Å². The molecule has 0 bridgehead atoms. The van der Waals surface area contributed by atoms with Crippen LogP contribution in [0.25, 0.3) is 0 Å². The van der Waals surface area contributed by atoms with Crippen LogP contribution in [-0.2, 0) is 4.79 Å². The fourth-order valence-corrected chi connectivity index (χ4v) is 2.57. The van der Waals surface area contributed by atoms with E-state index >= 15 is 0 Å². The monoisotopic (exact) mass is 227 g/mol. The summed E-state index contributed by atoms with van der Waals surface area (Å²) in [6.07, 6.45) is 5.75. The summed E-state index contributed by atoms with van der Waals surface area (Å²) in [4.78, 5) is 13.4. The predicted octanol–water partition coefficient (Wildman–Crippen LogP) is 0.714. The van der Waals surface area contributed by atoms with Crippen molar-refractivity contribution in [3.63, 3.8) is 0 Å². The van der Waals surface area contributed by atoms with Crippen molar-refractivity contribution in [2.75, 3.05) is 20.6 Å². The van der Waals surface area contributed by atoms with Crippen molar-refractivity contribution in [2.45, 2.75) is 50.6 Å². The van der Waals surface area contributed by atoms with Gasteiger partial charge in [-0.05, 0) is 33.4 Å². The minimum Gasteiger partial charge on any atom is -0.368 e. The smallest absolute Gasteiger partial charge is 0.234 e. The van der Waals surface area contributed by atoms with Crippen molar-refractivity contribution < 1.29 is 4.79 Å². The molecule has 1 aliphatic rings. The van der Waals surface area contributed by atoms with Crippen molar-refractivity contribution >= 4 is 5.91 Å². The number of primary amides is 1. The molecule has 0 aromatic rings. The summed E-state index contributed by atoms with van der Waals surface area (Å²) in [5, 5.41) is 3.32. The molecule has 0 spiro atoms. The lowest BCUT2D eigenvalue weighted by Crippen LogP contribution is -2.53. The van der Waals surface area contributed by atoms with E-state index in [0.717, 1.165) is 13.0 Å². The number of carbonyl (C=O) groups is 1. The lowest BCUT2D eigenvalue weighted by atomic mass is 9.95. The normalized spacial score (nSPS) is 21.2. The van der Waals surface area contributed by atoms with Crippen LogP contribution in [0.2, 0.25) is 0 Å². The van der Waals surface area contributed by atoms with Crippen LogP contribution in [0.15, 0.2) is 0 Å². The molecule has 1 unspecified atom stereocenters. The first-order chi connectivity index (χ1) is 7.52. The van der Waals surface area contributed by atoms with E-state index in [1.54, 1.807) is 0 Å². The van der Waals surface area contributed by atoms with Crippen LogP contribution in [0.1, 0.15) is 39.0 Å². The molecule has 1 atom stereocenters. The van der Waals surface area contributed by atoms with Gasteiger partial charge in [0.25, 0.3) is 0 Å². The second kappa shape index (κ2) is 5.64. The number of hydrogen-bond acceptors (Lipinski definition) is 3. The molecular weight excluding hydrogens is 202 g/mol. The molecule has 1 amide bonds. The molecule has 0 saturated heterocycles. The molecule has 3 N–H and O–H groups in total. The fraction of sp³-hybridized carbons (Fsp3) is 0.917. The summed E-state index contributed by atoms with van der Waals surface area (Å²) in [5.41, 5.74) is 5.56. The van der Waals surface area contributed by atoms with Gasteiger partial charge < -0.3 is 16.0 Å². The van der Waals surface area contributed by atoms with E-state index in [2.05, 4.69) is 24.3 Å². The Morgan fingerprint density at radius 3 is 2.38 bits per heavy atom. The molecule has 94 valence electrons. The number of carbonyl (C=O) groups excluding carboxylic acids is 1. The van der Waals surface area contributed by atoms with Gasteiger partial charge in [0.05, 0.1) is 6.04 Å². The van der Waals surface area contributed by atoms with Crippen molar-refractivity contribution in [3.8, 4) is 0 Å². The Morgan fingerprint density at radius 2 is 2.00 bits per heavy atom. The highest BCUT2D eigenvalue weighted by molar-refractivity contribution is 5.79. The number of nitrogens with zero attached hydrogens (tertiary/aromatic N) is 1. The maximum absolute atomic E-state index is 11.2. The Hall–Kier alpha value is -0.610. The summed E-state index contributed by atoms with van der Waals surface area (Å²) in [6.45, 7) is 2.85. The third-order valence-corrected chi connectivity index (χ3v) is 3.91. The van der Waals surface area contributed by atoms with Crippen molar-refractivity contribution in [3.05, 3.63) is 0 Å². The van der Waals surface area contributed by atoms with Crippen LogP contribution < -0.4 is 11.1 Å². The van der Waals surface area contributed by atoms with Crippen LogP contribution >= 0.6 is 0 Å². The van der Waals surface area contributed by atoms with Gasteiger partial charge in [-0.1, -0.05) is 19.8 Å². The van der Waals surface area contributed by atoms with Gasteiger partial charge in [-0.25, -0.2) is 0 Å². The van der Waals surface area contributed by atoms with Crippen molar-refractivity contribution in [2.24, 2.45) is 5.73 Å². The summed E-state index contributed by atoms with van der Waals surface area (Å²) in [5.74, 6) is -0.241. The van der Waals surface area contributed by atoms with Gasteiger partial charge in [-0.15, -0.1) is 0 Å². The van der Waals surface area contributed by atoms with Crippen LogP contribution in [0.5, 0.6) is 0 Å². The molecule has 1 rings (SSSR count). The average molecular weight is 227 g/mol. The number of hydrogen-bond donors (Lipinski definition) is 2. The number of rotatable bonds is 6. The lowest BCUT2D eigenvalue weighted by Gasteiger charge is -2.37. The molecular formula is C12H25N3O. The molecule has 4 nitrogen and oxygen atoms in total. The van der Waals surface area contributed by atoms with E-state index in [-0.39, 0.29) is 17.5 Å². The predicted molar refractivity (Wildman–Crippen MR) is 66.2 cm³/mol. The molecule has 0 aromatic carbocycles. The number of nitrogens with one attached hydrogen (secondary N) is 1. The van der Waals surface area contributed by atoms with E-state index in [9.17, 15) is 4.79 Å². The molecule has 1 aliphatic carbocycles. The quantitative estimate of drug-likeness (QED) is 0.703. The first kappa shape index (κ1) is 13.5. The minimum atomic E-state index is -0.241. The molecule has 16 heavy (non-hydrogen) atoms. The standard InChI is InChI=1S/C12H25N3O/c1-4-10(11(13)16)14-9-12(15(2)3)7-5-6-8-12/h10,14H,4-9H2,1-3H3,(H2,13,16). The highest BCUT2D eigenvalue weighted by Crippen LogP contribution is 2.33. The Kier molecular flexibility index (Phi) is 4.74. The SMILES string of the molecule is CCC(NCC1(N(C)C)CCCC1)C(N)=O. The summed E-state index contributed by atoms with van der Waals surface area (Å²) < 4.78 is 0. The Bertz CT molecular complexity index is 234. The summed E-state index contributed by atoms with van der Waals surface area (Å²) >= 11 is 0. The minimum absolute atomic E-state index is 0.183. The fourth-order valence-electron chi connectivity index (χ4n) is 2.57. The van der Waals surface area contributed by atoms with Crippen LogP contribution in [0.4, 0.5) is 0 Å². The summed E-state index contributed by atoms with van der Waals surface area (Å²) in [6, 6.07) is -0.183. The number of nitrogens with two attached hydrogens (primary N) is 1. The summed E-state index contributed by atoms with van der Waals surface area (Å²) in [7, 11) is 4.25. The molecule has 0 aromatic heterocycles. The van der Waals surface area contributed by atoms with Crippen LogP contribution in [-0.4, -0.2) is 43.0 Å². The van der Waals surface area contributed by atoms with Crippen LogP contribution in [0.3, 0.4) is 0 Å². The maximum atomic E-state index is 11.2. The largest absolute Gasteiger partial charge is 0.368 e. The van der Waals surface area contributed by atoms with Crippen molar-refractivity contribution in [1.29, 1.82) is 0 Å². The van der Waals surface area contributed by atoms with E-state index in [4.69, 9.17) is 5.73 Å². The molecule has 0 radical (unpaired) electrons. The topological polar surface area (TPSA) is 58.4 Å². The van der Waals surface area contributed by atoms with Gasteiger partial charge >= 0.3 is 0 Å². The first-order valence-corrected chi connectivity index (χ1v) is 6.22. The van der Waals surface area contributed by atoms with E-state index in [1.165, 1.54) is 25.7 Å². The van der Waals surface area contributed by atoms with Gasteiger partial charge in [0, 0.05) is 12.1 Å². The van der Waals surface area contributed by atoms with E-state index in [1.807, 2.05) is 6.92 Å². The van der Waals surface area contributed by atoms with E-state index < -0.39 is 0 Å². The van der Waals surface area contributed by atoms with Crippen LogP contribution in [0, 0.1) is 0 Å². The average Bonchev–Trinajstić information content (AvgIpc) is 2.68. The molecule has 4 heteroatoms. The second-order valence-electron chi connectivity index (χ2n) is 5.07. The molecule has 0 aliphatic heterocycles. The molecule has 0 heterocycles. The first-order valence-electron chi connectivity index (χ1n) is 6.22. The maximum Gasteiger partial charge on any atom is 0.234 e. The van der Waals surface area contributed by atoms with Gasteiger partial charge in [0.15, 0.2) is 0 Å². The highest BCUT2D eigenvalue weighted by Gasteiger charge is 2.36. The zero-order valence-corrected chi connectivity index (χ0v) is 10.8. The Morgan fingerprint density at radius 1 is 1.44 bits per heavy atom. The number of likely N-dealkylation sites (N-methyl/N-ethyl adjacent to an activating group) is 1. The zero-order valence-electron chi connectivity index (χ0n) is 10.8. The van der Waals surface area contributed by atoms with Gasteiger partial charge in [-0.3, -0.25) is 4.79 Å². The third-order valence-electron chi connectivity index (χ3n) is 3.91.